The molecule has 2 amide bonds. The highest BCUT2D eigenvalue weighted by Crippen LogP contribution is 2.40. The number of methoxy groups -OCH3 is 1. The number of amides is 2. The maximum atomic E-state index is 13.3. The minimum Gasteiger partial charge on any atom is -0.488 e. The van der Waals surface area contributed by atoms with Crippen LogP contribution in [0.4, 0.5) is 10.5 Å². The molecule has 0 bridgehead atoms. The third-order valence-corrected chi connectivity index (χ3v) is 6.82. The van der Waals surface area contributed by atoms with Crippen molar-refractivity contribution in [2.75, 3.05) is 12.0 Å². The first-order chi connectivity index (χ1) is 18.0. The van der Waals surface area contributed by atoms with Crippen LogP contribution in [0.3, 0.4) is 0 Å². The van der Waals surface area contributed by atoms with Gasteiger partial charge in [-0.3, -0.25) is 4.90 Å². The van der Waals surface area contributed by atoms with Crippen molar-refractivity contribution in [3.63, 3.8) is 0 Å². The standard InChI is InChI=1S/C30H25BrN2O4/c1-36-29(34)27-28(25-17-14-23(31)18-26(25)37-19-20-8-4-2-5-9-20)33(30(35)32-27)24-15-12-22(13-16-24)21-10-6-3-7-11-21/h2-18,27-28H,19H2,1H3,(H,32,35)/t27-,28-/m1/s1. The minimum atomic E-state index is -0.911. The number of ether oxygens (including phenoxy) is 2. The molecule has 7 heteroatoms. The zero-order chi connectivity index (χ0) is 25.8. The summed E-state index contributed by atoms with van der Waals surface area (Å²) in [6.45, 7) is 0.340. The predicted octanol–water partition coefficient (Wildman–Crippen LogP) is 6.51. The first-order valence-electron chi connectivity index (χ1n) is 11.8. The second-order valence-corrected chi connectivity index (χ2v) is 9.55. The molecule has 1 saturated heterocycles. The summed E-state index contributed by atoms with van der Waals surface area (Å²) < 4.78 is 12.1. The summed E-state index contributed by atoms with van der Waals surface area (Å²) in [4.78, 5) is 27.7. The van der Waals surface area contributed by atoms with Gasteiger partial charge in [-0.05, 0) is 41.0 Å². The summed E-state index contributed by atoms with van der Waals surface area (Å²) >= 11 is 3.52. The maximum absolute atomic E-state index is 13.3. The van der Waals surface area contributed by atoms with E-state index in [1.807, 2.05) is 103 Å². The number of rotatable bonds is 7. The van der Waals surface area contributed by atoms with E-state index in [2.05, 4.69) is 21.2 Å². The molecule has 1 N–H and O–H groups in total. The van der Waals surface area contributed by atoms with Crippen molar-refractivity contribution >= 4 is 33.6 Å². The molecule has 186 valence electrons. The Bertz CT molecular complexity index is 1390. The fourth-order valence-electron chi connectivity index (χ4n) is 4.53. The second-order valence-electron chi connectivity index (χ2n) is 8.63. The van der Waals surface area contributed by atoms with Crippen LogP contribution in [0.25, 0.3) is 11.1 Å². The Morgan fingerprint density at radius 2 is 1.54 bits per heavy atom. The van der Waals surface area contributed by atoms with Crippen molar-refractivity contribution in [2.24, 2.45) is 0 Å². The van der Waals surface area contributed by atoms with E-state index in [9.17, 15) is 9.59 Å². The number of carbonyl (C=O) groups excluding carboxylic acids is 2. The van der Waals surface area contributed by atoms with Gasteiger partial charge in [0.2, 0.25) is 0 Å². The van der Waals surface area contributed by atoms with E-state index in [-0.39, 0.29) is 6.03 Å². The van der Waals surface area contributed by atoms with Crippen molar-refractivity contribution < 1.29 is 19.1 Å². The summed E-state index contributed by atoms with van der Waals surface area (Å²) in [5, 5.41) is 2.81. The molecule has 0 aliphatic carbocycles. The molecule has 1 aliphatic heterocycles. The van der Waals surface area contributed by atoms with Gasteiger partial charge in [-0.1, -0.05) is 94.8 Å². The third kappa shape index (κ3) is 5.22. The molecule has 0 radical (unpaired) electrons. The van der Waals surface area contributed by atoms with Gasteiger partial charge in [0.15, 0.2) is 6.04 Å². The van der Waals surface area contributed by atoms with E-state index >= 15 is 0 Å². The Morgan fingerprint density at radius 1 is 0.892 bits per heavy atom. The molecule has 6 nitrogen and oxygen atoms in total. The van der Waals surface area contributed by atoms with Gasteiger partial charge in [0.05, 0.1) is 13.2 Å². The molecule has 1 aliphatic rings. The molecule has 1 fully saturated rings. The quantitative estimate of drug-likeness (QED) is 0.263. The topological polar surface area (TPSA) is 67.9 Å². The van der Waals surface area contributed by atoms with Crippen LogP contribution < -0.4 is 15.0 Å². The number of carbonyl (C=O) groups is 2. The Balaban J connectivity index is 1.53. The van der Waals surface area contributed by atoms with Gasteiger partial charge in [-0.15, -0.1) is 0 Å². The van der Waals surface area contributed by atoms with Gasteiger partial charge in [0, 0.05) is 15.7 Å². The molecule has 0 saturated carbocycles. The number of halogens is 1. The second kappa shape index (κ2) is 10.9. The Morgan fingerprint density at radius 3 is 2.22 bits per heavy atom. The van der Waals surface area contributed by atoms with Crippen LogP contribution in [-0.4, -0.2) is 25.2 Å². The lowest BCUT2D eigenvalue weighted by molar-refractivity contribution is -0.142. The number of nitrogens with one attached hydrogen (secondary N) is 1. The predicted molar refractivity (Wildman–Crippen MR) is 146 cm³/mol. The van der Waals surface area contributed by atoms with Crippen molar-refractivity contribution in [3.8, 4) is 16.9 Å². The maximum Gasteiger partial charge on any atom is 0.330 e. The normalized spacial score (nSPS) is 16.8. The summed E-state index contributed by atoms with van der Waals surface area (Å²) in [5.74, 6) is 0.0400. The minimum absolute atomic E-state index is 0.340. The molecule has 0 unspecified atom stereocenters. The van der Waals surface area contributed by atoms with Crippen molar-refractivity contribution in [3.05, 3.63) is 119 Å². The Labute approximate surface area is 224 Å². The van der Waals surface area contributed by atoms with E-state index in [1.54, 1.807) is 4.90 Å². The van der Waals surface area contributed by atoms with Crippen LogP contribution >= 0.6 is 15.9 Å². The SMILES string of the molecule is COC(=O)[C@@H]1NC(=O)N(c2ccc(-c3ccccc3)cc2)[C@@H]1c1ccc(Br)cc1OCc1ccccc1. The molecule has 5 rings (SSSR count). The van der Waals surface area contributed by atoms with Gasteiger partial charge in [0.1, 0.15) is 12.4 Å². The number of anilines is 1. The monoisotopic (exact) mass is 556 g/mol. The summed E-state index contributed by atoms with van der Waals surface area (Å²) in [6, 6.07) is 31.2. The third-order valence-electron chi connectivity index (χ3n) is 6.33. The van der Waals surface area contributed by atoms with E-state index in [0.29, 0.717) is 23.6 Å². The summed E-state index contributed by atoms with van der Waals surface area (Å²) in [7, 11) is 1.32. The first kappa shape index (κ1) is 24.6. The van der Waals surface area contributed by atoms with Crippen molar-refractivity contribution in [1.82, 2.24) is 5.32 Å². The van der Waals surface area contributed by atoms with Gasteiger partial charge < -0.3 is 14.8 Å². The average Bonchev–Trinajstić information content (AvgIpc) is 3.29. The largest absolute Gasteiger partial charge is 0.488 e. The van der Waals surface area contributed by atoms with Crippen LogP contribution in [0.2, 0.25) is 0 Å². The van der Waals surface area contributed by atoms with Gasteiger partial charge in [-0.25, -0.2) is 9.59 Å². The van der Waals surface area contributed by atoms with Gasteiger partial charge in [0.25, 0.3) is 0 Å². The fraction of sp³-hybridized carbons (Fsp3) is 0.133. The number of urea groups is 1. The van der Waals surface area contributed by atoms with E-state index in [1.165, 1.54) is 7.11 Å². The van der Waals surface area contributed by atoms with Gasteiger partial charge in [-0.2, -0.15) is 0 Å². The molecule has 0 aromatic heterocycles. The number of nitrogens with zero attached hydrogens (tertiary/aromatic N) is 1. The van der Waals surface area contributed by atoms with Crippen molar-refractivity contribution in [2.45, 2.75) is 18.7 Å². The van der Waals surface area contributed by atoms with Crippen LogP contribution in [-0.2, 0) is 16.1 Å². The number of hydrogen-bond acceptors (Lipinski definition) is 4. The molecule has 2 atom stereocenters. The zero-order valence-corrected chi connectivity index (χ0v) is 21.7. The first-order valence-corrected chi connectivity index (χ1v) is 12.6. The lowest BCUT2D eigenvalue weighted by Crippen LogP contribution is -2.37. The van der Waals surface area contributed by atoms with Crippen LogP contribution in [0.5, 0.6) is 5.75 Å². The van der Waals surface area contributed by atoms with Crippen LogP contribution in [0.15, 0.2) is 108 Å². The highest BCUT2D eigenvalue weighted by Gasteiger charge is 2.47. The average molecular weight is 557 g/mol. The Kier molecular flexibility index (Phi) is 7.23. The number of benzene rings is 4. The fourth-order valence-corrected chi connectivity index (χ4v) is 4.87. The van der Waals surface area contributed by atoms with Crippen LogP contribution in [0, 0.1) is 0 Å². The zero-order valence-electron chi connectivity index (χ0n) is 20.1. The molecule has 1 heterocycles. The van der Waals surface area contributed by atoms with E-state index in [0.717, 1.165) is 21.2 Å². The van der Waals surface area contributed by atoms with E-state index in [4.69, 9.17) is 9.47 Å². The number of hydrogen-bond donors (Lipinski definition) is 1. The van der Waals surface area contributed by atoms with Crippen LogP contribution in [0.1, 0.15) is 17.2 Å². The molecule has 0 spiro atoms. The highest BCUT2D eigenvalue weighted by atomic mass is 79.9. The van der Waals surface area contributed by atoms with Gasteiger partial charge >= 0.3 is 12.0 Å². The summed E-state index contributed by atoms with van der Waals surface area (Å²) in [6.07, 6.45) is 0. The molecular weight excluding hydrogens is 532 g/mol. The molecule has 37 heavy (non-hydrogen) atoms. The lowest BCUT2D eigenvalue weighted by Gasteiger charge is -2.28. The molecule has 4 aromatic carbocycles. The molecule has 4 aromatic rings. The van der Waals surface area contributed by atoms with Crippen molar-refractivity contribution in [1.29, 1.82) is 0 Å². The highest BCUT2D eigenvalue weighted by molar-refractivity contribution is 9.10. The number of esters is 1. The lowest BCUT2D eigenvalue weighted by atomic mass is 9.97. The smallest absolute Gasteiger partial charge is 0.330 e. The summed E-state index contributed by atoms with van der Waals surface area (Å²) in [5.41, 5.74) is 4.46. The van der Waals surface area contributed by atoms with E-state index < -0.39 is 18.1 Å². The Hall–Kier alpha value is -4.10. The molecular formula is C30H25BrN2O4.